The van der Waals surface area contributed by atoms with Crippen LogP contribution in [-0.4, -0.2) is 43.6 Å². The van der Waals surface area contributed by atoms with Crippen LogP contribution in [0.4, 0.5) is 18.9 Å². The Kier molecular flexibility index (Phi) is 5.11. The van der Waals surface area contributed by atoms with Gasteiger partial charge in [-0.3, -0.25) is 4.79 Å². The molecule has 1 aliphatic heterocycles. The van der Waals surface area contributed by atoms with Gasteiger partial charge >= 0.3 is 0 Å². The summed E-state index contributed by atoms with van der Waals surface area (Å²) in [5, 5.41) is 0. The highest BCUT2D eigenvalue weighted by molar-refractivity contribution is 5.78. The number of amides is 1. The van der Waals surface area contributed by atoms with Gasteiger partial charge in [-0.2, -0.15) is 0 Å². The number of piperazine rings is 1. The molecule has 0 radical (unpaired) electrons. The molecule has 7 heteroatoms. The predicted octanol–water partition coefficient (Wildman–Crippen LogP) is 2.83. The summed E-state index contributed by atoms with van der Waals surface area (Å²) in [6.45, 7) is 1.50. The van der Waals surface area contributed by atoms with Gasteiger partial charge in [0.2, 0.25) is 0 Å². The fourth-order valence-electron chi connectivity index (χ4n) is 2.73. The summed E-state index contributed by atoms with van der Waals surface area (Å²) in [6.07, 6.45) is 0. The van der Waals surface area contributed by atoms with Crippen LogP contribution in [-0.2, 0) is 4.79 Å². The molecule has 0 bridgehead atoms. The molecule has 2 aromatic rings. The Morgan fingerprint density at radius 2 is 1.68 bits per heavy atom. The second-order valence-electron chi connectivity index (χ2n) is 5.68. The average molecular weight is 350 g/mol. The third-order valence-electron chi connectivity index (χ3n) is 4.07. The van der Waals surface area contributed by atoms with Gasteiger partial charge in [-0.25, -0.2) is 13.2 Å². The molecule has 0 N–H and O–H groups in total. The van der Waals surface area contributed by atoms with Crippen molar-refractivity contribution in [3.63, 3.8) is 0 Å². The van der Waals surface area contributed by atoms with Gasteiger partial charge in [-0.05, 0) is 24.3 Å². The lowest BCUT2D eigenvalue weighted by Gasteiger charge is -2.36. The maximum absolute atomic E-state index is 13.8. The minimum Gasteiger partial charge on any atom is -0.481 e. The first kappa shape index (κ1) is 17.1. The van der Waals surface area contributed by atoms with Crippen molar-refractivity contribution >= 4 is 11.6 Å². The Labute approximate surface area is 143 Å². The summed E-state index contributed by atoms with van der Waals surface area (Å²) in [4.78, 5) is 15.6. The van der Waals surface area contributed by atoms with Gasteiger partial charge < -0.3 is 14.5 Å². The zero-order valence-electron chi connectivity index (χ0n) is 13.4. The van der Waals surface area contributed by atoms with Crippen LogP contribution in [0.5, 0.6) is 5.75 Å². The highest BCUT2D eigenvalue weighted by Crippen LogP contribution is 2.21. The molecule has 0 aromatic heterocycles. The number of anilines is 1. The van der Waals surface area contributed by atoms with E-state index >= 15 is 0 Å². The monoisotopic (exact) mass is 350 g/mol. The van der Waals surface area contributed by atoms with Crippen molar-refractivity contribution in [3.8, 4) is 5.75 Å². The predicted molar refractivity (Wildman–Crippen MR) is 87.0 cm³/mol. The van der Waals surface area contributed by atoms with Gasteiger partial charge in [0.25, 0.3) is 5.91 Å². The summed E-state index contributed by atoms with van der Waals surface area (Å²) < 4.78 is 45.3. The van der Waals surface area contributed by atoms with Gasteiger partial charge in [0.1, 0.15) is 11.6 Å². The van der Waals surface area contributed by atoms with Crippen LogP contribution < -0.4 is 9.64 Å². The molecule has 2 aromatic carbocycles. The third kappa shape index (κ3) is 4.04. The molecule has 1 amide bonds. The zero-order valence-corrected chi connectivity index (χ0v) is 13.4. The molecule has 0 atom stereocenters. The highest BCUT2D eigenvalue weighted by atomic mass is 19.1. The summed E-state index contributed by atoms with van der Waals surface area (Å²) in [6, 6.07) is 9.41. The van der Waals surface area contributed by atoms with Crippen LogP contribution in [0.3, 0.4) is 0 Å². The van der Waals surface area contributed by atoms with E-state index in [1.165, 1.54) is 6.07 Å². The van der Waals surface area contributed by atoms with E-state index in [9.17, 15) is 18.0 Å². The van der Waals surface area contributed by atoms with Gasteiger partial charge in [-0.1, -0.05) is 12.1 Å². The van der Waals surface area contributed by atoms with Gasteiger partial charge in [0, 0.05) is 32.2 Å². The number of hydrogen-bond donors (Lipinski definition) is 0. The molecule has 0 unspecified atom stereocenters. The van der Waals surface area contributed by atoms with E-state index in [0.717, 1.165) is 12.1 Å². The second-order valence-corrected chi connectivity index (χ2v) is 5.68. The number of carbonyl (C=O) groups excluding carboxylic acids is 1. The molecule has 25 heavy (non-hydrogen) atoms. The second kappa shape index (κ2) is 7.46. The van der Waals surface area contributed by atoms with E-state index in [2.05, 4.69) is 0 Å². The molecule has 1 heterocycles. The van der Waals surface area contributed by atoms with Crippen LogP contribution in [0.25, 0.3) is 0 Å². The van der Waals surface area contributed by atoms with Gasteiger partial charge in [-0.15, -0.1) is 0 Å². The van der Waals surface area contributed by atoms with Crippen molar-refractivity contribution in [1.82, 2.24) is 4.90 Å². The minimum absolute atomic E-state index is 0.167. The topological polar surface area (TPSA) is 32.8 Å². The molecule has 0 spiro atoms. The number of ether oxygens (including phenoxy) is 1. The van der Waals surface area contributed by atoms with Crippen LogP contribution in [0.2, 0.25) is 0 Å². The van der Waals surface area contributed by atoms with E-state index in [-0.39, 0.29) is 24.1 Å². The van der Waals surface area contributed by atoms with Crippen molar-refractivity contribution in [1.29, 1.82) is 0 Å². The Bertz CT molecular complexity index is 762. The summed E-state index contributed by atoms with van der Waals surface area (Å²) in [5.74, 6) is -2.31. The van der Waals surface area contributed by atoms with Crippen molar-refractivity contribution in [2.75, 3.05) is 37.7 Å². The van der Waals surface area contributed by atoms with Crippen LogP contribution in [0.1, 0.15) is 0 Å². The van der Waals surface area contributed by atoms with Crippen LogP contribution in [0.15, 0.2) is 42.5 Å². The zero-order chi connectivity index (χ0) is 17.8. The molecule has 0 aliphatic carbocycles. The largest absolute Gasteiger partial charge is 0.481 e. The molecular formula is C18H17F3N2O2. The number of halogens is 3. The van der Waals surface area contributed by atoms with Gasteiger partial charge in [0.05, 0.1) is 5.69 Å². The summed E-state index contributed by atoms with van der Waals surface area (Å²) in [7, 11) is 0. The van der Waals surface area contributed by atoms with Gasteiger partial charge in [0.15, 0.2) is 18.2 Å². The quantitative estimate of drug-likeness (QED) is 0.850. The molecule has 3 rings (SSSR count). The standard InChI is InChI=1S/C18H17F3N2O2/c19-13-5-6-17(15(21)11-13)25-12-18(24)23-9-7-22(8-10-23)16-4-2-1-3-14(16)20/h1-6,11H,7-10,12H2. The fraction of sp³-hybridized carbons (Fsp3) is 0.278. The lowest BCUT2D eigenvalue weighted by atomic mass is 10.2. The van der Waals surface area contributed by atoms with E-state index in [1.807, 2.05) is 4.90 Å². The molecule has 1 saturated heterocycles. The number of rotatable bonds is 4. The van der Waals surface area contributed by atoms with E-state index in [0.29, 0.717) is 37.9 Å². The summed E-state index contributed by atoms with van der Waals surface area (Å²) >= 11 is 0. The normalized spacial score (nSPS) is 14.5. The first-order chi connectivity index (χ1) is 12.0. The van der Waals surface area contributed by atoms with Crippen LogP contribution in [0, 0.1) is 17.5 Å². The lowest BCUT2D eigenvalue weighted by molar-refractivity contribution is -0.133. The minimum atomic E-state index is -0.850. The Balaban J connectivity index is 1.52. The SMILES string of the molecule is O=C(COc1ccc(F)cc1F)N1CCN(c2ccccc2F)CC1. The molecular weight excluding hydrogens is 333 g/mol. The number of para-hydroxylation sites is 1. The van der Waals surface area contributed by atoms with E-state index in [1.54, 1.807) is 23.1 Å². The number of nitrogens with zero attached hydrogens (tertiary/aromatic N) is 2. The number of carbonyl (C=O) groups is 1. The lowest BCUT2D eigenvalue weighted by Crippen LogP contribution is -2.50. The average Bonchev–Trinajstić information content (AvgIpc) is 2.61. The first-order valence-electron chi connectivity index (χ1n) is 7.89. The molecule has 132 valence electrons. The highest BCUT2D eigenvalue weighted by Gasteiger charge is 2.23. The van der Waals surface area contributed by atoms with Crippen molar-refractivity contribution < 1.29 is 22.7 Å². The van der Waals surface area contributed by atoms with Crippen LogP contribution >= 0.6 is 0 Å². The van der Waals surface area contributed by atoms with Crippen molar-refractivity contribution in [2.24, 2.45) is 0 Å². The molecule has 1 fully saturated rings. The first-order valence-corrected chi connectivity index (χ1v) is 7.89. The van der Waals surface area contributed by atoms with Crippen molar-refractivity contribution in [2.45, 2.75) is 0 Å². The third-order valence-corrected chi connectivity index (χ3v) is 4.07. The van der Waals surface area contributed by atoms with E-state index in [4.69, 9.17) is 4.74 Å². The molecule has 0 saturated carbocycles. The Morgan fingerprint density at radius 3 is 2.36 bits per heavy atom. The fourth-order valence-corrected chi connectivity index (χ4v) is 2.73. The Hall–Kier alpha value is -2.70. The smallest absolute Gasteiger partial charge is 0.260 e. The molecule has 4 nitrogen and oxygen atoms in total. The number of benzene rings is 2. The summed E-state index contributed by atoms with van der Waals surface area (Å²) in [5.41, 5.74) is 0.513. The number of hydrogen-bond acceptors (Lipinski definition) is 3. The molecule has 1 aliphatic rings. The van der Waals surface area contributed by atoms with Crippen molar-refractivity contribution in [3.05, 3.63) is 59.9 Å². The Morgan fingerprint density at radius 1 is 0.960 bits per heavy atom. The maximum atomic E-state index is 13.8. The maximum Gasteiger partial charge on any atom is 0.260 e. The van der Waals surface area contributed by atoms with E-state index < -0.39 is 11.6 Å².